The Balaban J connectivity index is 1.99. The molecule has 0 aromatic heterocycles. The van der Waals surface area contributed by atoms with Gasteiger partial charge in [0.25, 0.3) is 5.91 Å². The smallest absolute Gasteiger partial charge is 0.258 e. The van der Waals surface area contributed by atoms with Crippen LogP contribution in [0.15, 0.2) is 41.3 Å². The summed E-state index contributed by atoms with van der Waals surface area (Å²) in [6, 6.07) is 10.6. The first-order chi connectivity index (χ1) is 10.1. The summed E-state index contributed by atoms with van der Waals surface area (Å²) in [6.45, 7) is 2.44. The van der Waals surface area contributed by atoms with E-state index in [2.05, 4.69) is 0 Å². The minimum absolute atomic E-state index is 0.113. The van der Waals surface area contributed by atoms with Gasteiger partial charge in [0, 0.05) is 28.4 Å². The van der Waals surface area contributed by atoms with Gasteiger partial charge in [0.05, 0.1) is 5.69 Å². The number of hydrogen-bond acceptors (Lipinski definition) is 4. The molecule has 21 heavy (non-hydrogen) atoms. The minimum atomic E-state index is -0.113. The molecule has 1 amide bonds. The molecule has 4 nitrogen and oxygen atoms in total. The van der Waals surface area contributed by atoms with Crippen molar-refractivity contribution in [3.8, 4) is 5.75 Å². The lowest BCUT2D eigenvalue weighted by atomic mass is 10.1. The van der Waals surface area contributed by atoms with Crippen LogP contribution in [0.5, 0.6) is 5.75 Å². The van der Waals surface area contributed by atoms with Gasteiger partial charge in [-0.2, -0.15) is 0 Å². The Labute approximate surface area is 127 Å². The molecule has 0 saturated carbocycles. The van der Waals surface area contributed by atoms with E-state index in [-0.39, 0.29) is 11.7 Å². The number of fused-ring (bicyclic) bond motifs is 1. The van der Waals surface area contributed by atoms with Gasteiger partial charge in [-0.1, -0.05) is 6.07 Å². The van der Waals surface area contributed by atoms with Crippen LogP contribution in [0.25, 0.3) is 0 Å². The van der Waals surface area contributed by atoms with Gasteiger partial charge in [0.15, 0.2) is 0 Å². The van der Waals surface area contributed by atoms with Crippen molar-refractivity contribution in [2.45, 2.75) is 11.8 Å². The molecule has 0 spiro atoms. The van der Waals surface area contributed by atoms with Crippen LogP contribution in [0.2, 0.25) is 0 Å². The molecule has 3 N–H and O–H groups in total. The Kier molecular flexibility index (Phi) is 3.51. The molecule has 2 aromatic carbocycles. The van der Waals surface area contributed by atoms with Crippen molar-refractivity contribution in [3.63, 3.8) is 0 Å². The summed E-state index contributed by atoms with van der Waals surface area (Å²) in [7, 11) is 0. The third-order valence-corrected chi connectivity index (χ3v) is 4.59. The summed E-state index contributed by atoms with van der Waals surface area (Å²) in [4.78, 5) is 15.5. The Morgan fingerprint density at radius 2 is 2.10 bits per heavy atom. The number of aryl methyl sites for hydroxylation is 1. The van der Waals surface area contributed by atoms with Gasteiger partial charge in [-0.15, -0.1) is 11.8 Å². The quantitative estimate of drug-likeness (QED) is 0.794. The third-order valence-electron chi connectivity index (χ3n) is 3.55. The van der Waals surface area contributed by atoms with Gasteiger partial charge in [0.2, 0.25) is 0 Å². The van der Waals surface area contributed by atoms with Crippen molar-refractivity contribution >= 4 is 29.0 Å². The molecule has 0 radical (unpaired) electrons. The van der Waals surface area contributed by atoms with Crippen LogP contribution < -0.4 is 10.6 Å². The van der Waals surface area contributed by atoms with E-state index >= 15 is 0 Å². The zero-order valence-electron chi connectivity index (χ0n) is 11.7. The third kappa shape index (κ3) is 2.56. The Hall–Kier alpha value is -2.14. The number of thioether (sulfide) groups is 1. The molecule has 2 aromatic rings. The number of nitrogen functional groups attached to an aromatic ring is 1. The molecule has 1 aliphatic rings. The second-order valence-electron chi connectivity index (χ2n) is 5.03. The van der Waals surface area contributed by atoms with E-state index in [1.807, 2.05) is 18.2 Å². The van der Waals surface area contributed by atoms with Crippen molar-refractivity contribution in [2.75, 3.05) is 22.9 Å². The van der Waals surface area contributed by atoms with E-state index in [9.17, 15) is 9.90 Å². The number of phenols is 1. The highest BCUT2D eigenvalue weighted by molar-refractivity contribution is 7.99. The van der Waals surface area contributed by atoms with E-state index in [1.165, 1.54) is 6.07 Å². The molecule has 5 heteroatoms. The molecule has 0 atom stereocenters. The summed E-state index contributed by atoms with van der Waals surface area (Å²) in [5.41, 5.74) is 8.56. The summed E-state index contributed by atoms with van der Waals surface area (Å²) in [5, 5.41) is 9.79. The van der Waals surface area contributed by atoms with Crippen molar-refractivity contribution in [1.29, 1.82) is 0 Å². The minimum Gasteiger partial charge on any atom is -0.508 e. The molecule has 1 aliphatic heterocycles. The van der Waals surface area contributed by atoms with E-state index in [0.29, 0.717) is 17.8 Å². The molecule has 0 fully saturated rings. The lowest BCUT2D eigenvalue weighted by Crippen LogP contribution is -2.35. The van der Waals surface area contributed by atoms with E-state index in [4.69, 9.17) is 5.73 Å². The van der Waals surface area contributed by atoms with Crippen LogP contribution >= 0.6 is 11.8 Å². The maximum absolute atomic E-state index is 12.7. The maximum Gasteiger partial charge on any atom is 0.258 e. The van der Waals surface area contributed by atoms with Crippen molar-refractivity contribution in [3.05, 3.63) is 47.5 Å². The molecule has 3 rings (SSSR count). The molecular formula is C16H16N2O2S. The number of nitrogens with zero attached hydrogens (tertiary/aromatic N) is 1. The van der Waals surface area contributed by atoms with Crippen LogP contribution in [-0.4, -0.2) is 23.3 Å². The van der Waals surface area contributed by atoms with E-state index in [1.54, 1.807) is 35.7 Å². The Morgan fingerprint density at radius 1 is 1.29 bits per heavy atom. The zero-order chi connectivity index (χ0) is 15.0. The van der Waals surface area contributed by atoms with Crippen LogP contribution in [0.3, 0.4) is 0 Å². The average molecular weight is 300 g/mol. The summed E-state index contributed by atoms with van der Waals surface area (Å²) >= 11 is 1.72. The normalized spacial score (nSPS) is 13.9. The average Bonchev–Trinajstić information content (AvgIpc) is 2.48. The number of amides is 1. The highest BCUT2D eigenvalue weighted by Gasteiger charge is 2.24. The van der Waals surface area contributed by atoms with Crippen LogP contribution in [0, 0.1) is 6.92 Å². The van der Waals surface area contributed by atoms with Gasteiger partial charge >= 0.3 is 0 Å². The number of phenolic OH excluding ortho intramolecular Hbond substituents is 1. The number of aromatic hydroxyl groups is 1. The number of carbonyl (C=O) groups excluding carboxylic acids is 1. The number of rotatable bonds is 1. The first-order valence-electron chi connectivity index (χ1n) is 6.70. The van der Waals surface area contributed by atoms with Crippen LogP contribution in [0.1, 0.15) is 15.9 Å². The number of benzene rings is 2. The Morgan fingerprint density at radius 3 is 2.86 bits per heavy atom. The summed E-state index contributed by atoms with van der Waals surface area (Å²) < 4.78 is 0. The van der Waals surface area contributed by atoms with Crippen LogP contribution in [-0.2, 0) is 0 Å². The second-order valence-corrected chi connectivity index (χ2v) is 6.17. The van der Waals surface area contributed by atoms with Crippen molar-refractivity contribution in [2.24, 2.45) is 0 Å². The van der Waals surface area contributed by atoms with E-state index in [0.717, 1.165) is 21.9 Å². The van der Waals surface area contributed by atoms with Crippen molar-refractivity contribution < 1.29 is 9.90 Å². The predicted octanol–water partition coefficient (Wildman–Crippen LogP) is 3.04. The Bertz CT molecular complexity index is 715. The fourth-order valence-electron chi connectivity index (χ4n) is 2.34. The van der Waals surface area contributed by atoms with E-state index < -0.39 is 0 Å². The summed E-state index contributed by atoms with van der Waals surface area (Å²) in [6.07, 6.45) is 0. The highest BCUT2D eigenvalue weighted by Crippen LogP contribution is 2.37. The van der Waals surface area contributed by atoms with Gasteiger partial charge in [0.1, 0.15) is 5.75 Å². The standard InChI is InChI=1S/C16H16N2O2S/c1-10-2-3-11(8-14(10)19)16(20)18-6-7-21-15-5-4-12(17)9-13(15)18/h2-5,8-9,19H,6-7,17H2,1H3. The molecule has 0 aliphatic carbocycles. The van der Waals surface area contributed by atoms with Gasteiger partial charge in [-0.05, 0) is 42.8 Å². The molecule has 0 bridgehead atoms. The molecule has 0 saturated heterocycles. The SMILES string of the molecule is Cc1ccc(C(=O)N2CCSc3ccc(N)cc32)cc1O. The number of nitrogens with two attached hydrogens (primary N) is 1. The zero-order valence-corrected chi connectivity index (χ0v) is 12.5. The lowest BCUT2D eigenvalue weighted by molar-refractivity contribution is 0.0987. The van der Waals surface area contributed by atoms with Gasteiger partial charge in [-0.25, -0.2) is 0 Å². The highest BCUT2D eigenvalue weighted by atomic mass is 32.2. The predicted molar refractivity (Wildman–Crippen MR) is 86.1 cm³/mol. The topological polar surface area (TPSA) is 66.6 Å². The molecular weight excluding hydrogens is 284 g/mol. The monoisotopic (exact) mass is 300 g/mol. The molecule has 1 heterocycles. The van der Waals surface area contributed by atoms with Gasteiger partial charge < -0.3 is 15.7 Å². The first-order valence-corrected chi connectivity index (χ1v) is 7.68. The summed E-state index contributed by atoms with van der Waals surface area (Å²) in [5.74, 6) is 0.873. The van der Waals surface area contributed by atoms with Crippen LogP contribution in [0.4, 0.5) is 11.4 Å². The first kappa shape index (κ1) is 13.8. The maximum atomic E-state index is 12.7. The lowest BCUT2D eigenvalue weighted by Gasteiger charge is -2.29. The number of carbonyl (C=O) groups is 1. The fraction of sp³-hybridized carbons (Fsp3) is 0.188. The largest absolute Gasteiger partial charge is 0.508 e. The molecule has 108 valence electrons. The van der Waals surface area contributed by atoms with Gasteiger partial charge in [-0.3, -0.25) is 4.79 Å². The fourth-order valence-corrected chi connectivity index (χ4v) is 3.32. The second kappa shape index (κ2) is 5.33. The number of anilines is 2. The van der Waals surface area contributed by atoms with Crippen molar-refractivity contribution in [1.82, 2.24) is 0 Å². The number of hydrogen-bond donors (Lipinski definition) is 2. The molecule has 0 unspecified atom stereocenters.